The van der Waals surface area contributed by atoms with Crippen LogP contribution in [-0.2, 0) is 20.8 Å². The number of allylic oxidation sites excluding steroid dienone is 1. The molecule has 0 spiro atoms. The smallest absolute Gasteiger partial charge is 0.337 e. The van der Waals surface area contributed by atoms with E-state index < -0.39 is 0 Å². The number of likely N-dealkylation sites (tertiary alicyclic amines) is 1. The molecule has 3 heterocycles. The van der Waals surface area contributed by atoms with E-state index in [4.69, 9.17) is 9.47 Å². The molecule has 0 amide bonds. The Morgan fingerprint density at radius 3 is 3.09 bits per heavy atom. The second kappa shape index (κ2) is 7.12. The van der Waals surface area contributed by atoms with Gasteiger partial charge in [-0.25, -0.2) is 9.78 Å². The lowest BCUT2D eigenvalue weighted by Gasteiger charge is -2.34. The van der Waals surface area contributed by atoms with E-state index in [1.54, 1.807) is 12.7 Å². The Kier molecular flexibility index (Phi) is 4.95. The van der Waals surface area contributed by atoms with E-state index in [1.165, 1.54) is 20.0 Å². The first-order valence-corrected chi connectivity index (χ1v) is 8.15. The van der Waals surface area contributed by atoms with Crippen LogP contribution in [-0.4, -0.2) is 58.5 Å². The SMILES string of the molecule is COC(=O)C1=C(C)O[C@@H](CN2CCC[C@@H](Cn3cncn3)C2)C1. The normalized spacial score (nSPS) is 25.5. The Hall–Kier alpha value is -1.89. The molecule has 126 valence electrons. The number of hydrogen-bond donors (Lipinski definition) is 0. The molecule has 2 atom stereocenters. The number of aromatic nitrogens is 3. The molecule has 0 aromatic carbocycles. The number of carbonyl (C=O) groups is 1. The second-order valence-corrected chi connectivity index (χ2v) is 6.36. The molecule has 1 aromatic heterocycles. The Morgan fingerprint density at radius 2 is 2.35 bits per heavy atom. The van der Waals surface area contributed by atoms with E-state index >= 15 is 0 Å². The monoisotopic (exact) mass is 320 g/mol. The number of methoxy groups -OCH3 is 1. The van der Waals surface area contributed by atoms with Gasteiger partial charge in [0.15, 0.2) is 0 Å². The van der Waals surface area contributed by atoms with Gasteiger partial charge in [-0.15, -0.1) is 0 Å². The highest BCUT2D eigenvalue weighted by Crippen LogP contribution is 2.27. The van der Waals surface area contributed by atoms with Crippen molar-refractivity contribution in [2.75, 3.05) is 26.7 Å². The van der Waals surface area contributed by atoms with E-state index in [1.807, 2.05) is 11.6 Å². The van der Waals surface area contributed by atoms with Crippen LogP contribution in [0.5, 0.6) is 0 Å². The van der Waals surface area contributed by atoms with Crippen molar-refractivity contribution in [1.82, 2.24) is 19.7 Å². The zero-order valence-corrected chi connectivity index (χ0v) is 13.8. The van der Waals surface area contributed by atoms with Gasteiger partial charge in [-0.1, -0.05) is 0 Å². The van der Waals surface area contributed by atoms with E-state index in [-0.39, 0.29) is 12.1 Å². The van der Waals surface area contributed by atoms with Crippen molar-refractivity contribution in [1.29, 1.82) is 0 Å². The molecule has 3 rings (SSSR count). The molecule has 0 radical (unpaired) electrons. The molecule has 0 unspecified atom stereocenters. The maximum Gasteiger partial charge on any atom is 0.337 e. The van der Waals surface area contributed by atoms with Crippen LogP contribution in [0.15, 0.2) is 24.0 Å². The zero-order valence-electron chi connectivity index (χ0n) is 13.8. The van der Waals surface area contributed by atoms with Crippen LogP contribution in [0.4, 0.5) is 0 Å². The van der Waals surface area contributed by atoms with Crippen LogP contribution >= 0.6 is 0 Å². The fourth-order valence-electron chi connectivity index (χ4n) is 3.53. The molecule has 1 fully saturated rings. The fourth-order valence-corrected chi connectivity index (χ4v) is 3.53. The van der Waals surface area contributed by atoms with Gasteiger partial charge in [0.1, 0.15) is 24.5 Å². The lowest BCUT2D eigenvalue weighted by atomic mass is 9.97. The number of esters is 1. The Balaban J connectivity index is 1.50. The van der Waals surface area contributed by atoms with Crippen LogP contribution in [0, 0.1) is 5.92 Å². The number of nitrogens with zero attached hydrogens (tertiary/aromatic N) is 4. The Bertz CT molecular complexity index is 570. The molecule has 0 bridgehead atoms. The molecule has 2 aliphatic heterocycles. The summed E-state index contributed by atoms with van der Waals surface area (Å²) < 4.78 is 12.6. The molecule has 2 aliphatic rings. The quantitative estimate of drug-likeness (QED) is 0.760. The number of piperidine rings is 1. The minimum absolute atomic E-state index is 0.0502. The van der Waals surface area contributed by atoms with Gasteiger partial charge in [-0.05, 0) is 32.2 Å². The predicted molar refractivity (Wildman–Crippen MR) is 83.4 cm³/mol. The molecular weight excluding hydrogens is 296 g/mol. The van der Waals surface area contributed by atoms with Crippen LogP contribution in [0.2, 0.25) is 0 Å². The minimum atomic E-state index is -0.271. The van der Waals surface area contributed by atoms with Gasteiger partial charge in [0, 0.05) is 26.1 Å². The lowest BCUT2D eigenvalue weighted by molar-refractivity contribution is -0.136. The molecule has 1 aromatic rings. The number of carbonyl (C=O) groups excluding carboxylic acids is 1. The molecule has 7 heteroatoms. The maximum atomic E-state index is 11.7. The summed E-state index contributed by atoms with van der Waals surface area (Å²) in [5, 5.41) is 4.19. The van der Waals surface area contributed by atoms with Crippen molar-refractivity contribution in [2.45, 2.75) is 38.8 Å². The van der Waals surface area contributed by atoms with Crippen LogP contribution < -0.4 is 0 Å². The van der Waals surface area contributed by atoms with Crippen molar-refractivity contribution in [3.63, 3.8) is 0 Å². The Labute approximate surface area is 136 Å². The summed E-state index contributed by atoms with van der Waals surface area (Å²) in [6.07, 6.45) is 6.44. The van der Waals surface area contributed by atoms with Gasteiger partial charge < -0.3 is 9.47 Å². The average molecular weight is 320 g/mol. The highest BCUT2D eigenvalue weighted by molar-refractivity contribution is 5.89. The summed E-state index contributed by atoms with van der Waals surface area (Å²) in [6.45, 7) is 5.72. The van der Waals surface area contributed by atoms with Crippen LogP contribution in [0.25, 0.3) is 0 Å². The number of rotatable bonds is 5. The topological polar surface area (TPSA) is 69.5 Å². The van der Waals surface area contributed by atoms with Gasteiger partial charge in [-0.2, -0.15) is 5.10 Å². The maximum absolute atomic E-state index is 11.7. The van der Waals surface area contributed by atoms with Crippen molar-refractivity contribution >= 4 is 5.97 Å². The first kappa shape index (κ1) is 16.0. The third-order valence-corrected chi connectivity index (χ3v) is 4.61. The largest absolute Gasteiger partial charge is 0.493 e. The average Bonchev–Trinajstić information content (AvgIpc) is 3.17. The third kappa shape index (κ3) is 3.90. The molecular formula is C16H24N4O3. The van der Waals surface area contributed by atoms with E-state index in [0.717, 1.165) is 26.2 Å². The summed E-state index contributed by atoms with van der Waals surface area (Å²) in [4.78, 5) is 18.1. The number of ether oxygens (including phenoxy) is 2. The number of hydrogen-bond acceptors (Lipinski definition) is 6. The van der Waals surface area contributed by atoms with Crippen molar-refractivity contribution in [2.24, 2.45) is 5.92 Å². The summed E-state index contributed by atoms with van der Waals surface area (Å²) in [7, 11) is 1.41. The Morgan fingerprint density at radius 1 is 1.48 bits per heavy atom. The minimum Gasteiger partial charge on any atom is -0.493 e. The van der Waals surface area contributed by atoms with Gasteiger partial charge in [0.05, 0.1) is 12.7 Å². The van der Waals surface area contributed by atoms with Gasteiger partial charge in [0.25, 0.3) is 0 Å². The van der Waals surface area contributed by atoms with Crippen LogP contribution in [0.1, 0.15) is 26.2 Å². The molecule has 0 aliphatic carbocycles. The summed E-state index contributed by atoms with van der Waals surface area (Å²) >= 11 is 0. The fraction of sp³-hybridized carbons (Fsp3) is 0.688. The van der Waals surface area contributed by atoms with Crippen molar-refractivity contribution in [3.05, 3.63) is 24.0 Å². The molecule has 1 saturated heterocycles. The van der Waals surface area contributed by atoms with Crippen LogP contribution in [0.3, 0.4) is 0 Å². The van der Waals surface area contributed by atoms with Gasteiger partial charge >= 0.3 is 5.97 Å². The molecule has 0 saturated carbocycles. The molecule has 23 heavy (non-hydrogen) atoms. The lowest BCUT2D eigenvalue weighted by Crippen LogP contribution is -2.41. The van der Waals surface area contributed by atoms with E-state index in [0.29, 0.717) is 23.7 Å². The highest BCUT2D eigenvalue weighted by Gasteiger charge is 2.31. The summed E-state index contributed by atoms with van der Waals surface area (Å²) in [5.74, 6) is 1.02. The first-order chi connectivity index (χ1) is 11.2. The molecule has 0 N–H and O–H groups in total. The summed E-state index contributed by atoms with van der Waals surface area (Å²) in [5.41, 5.74) is 0.675. The second-order valence-electron chi connectivity index (χ2n) is 6.36. The predicted octanol–water partition coefficient (Wildman–Crippen LogP) is 1.23. The van der Waals surface area contributed by atoms with Gasteiger partial charge in [0.2, 0.25) is 0 Å². The summed E-state index contributed by atoms with van der Waals surface area (Å²) in [6, 6.07) is 0. The highest BCUT2D eigenvalue weighted by atomic mass is 16.5. The van der Waals surface area contributed by atoms with Crippen molar-refractivity contribution in [3.8, 4) is 0 Å². The first-order valence-electron chi connectivity index (χ1n) is 8.15. The molecule has 7 nitrogen and oxygen atoms in total. The van der Waals surface area contributed by atoms with Gasteiger partial charge in [-0.3, -0.25) is 9.58 Å². The van der Waals surface area contributed by atoms with E-state index in [9.17, 15) is 4.79 Å². The van der Waals surface area contributed by atoms with E-state index in [2.05, 4.69) is 15.0 Å². The standard InChI is InChI=1S/C16H24N4O3/c1-12-15(16(21)22-2)6-14(23-12)9-19-5-3-4-13(7-19)8-20-11-17-10-18-20/h10-11,13-14H,3-9H2,1-2H3/t13-,14-/m1/s1. The zero-order chi connectivity index (χ0) is 16.2. The van der Waals surface area contributed by atoms with Crippen molar-refractivity contribution < 1.29 is 14.3 Å². The third-order valence-electron chi connectivity index (χ3n) is 4.61.